The molecule has 1 N–H and O–H groups in total. The van der Waals surface area contributed by atoms with Crippen LogP contribution in [0.1, 0.15) is 39.5 Å². The number of carbonyl (C=O) groups excluding carboxylic acids is 1. The maximum absolute atomic E-state index is 15.7. The van der Waals surface area contributed by atoms with Crippen LogP contribution in [0.2, 0.25) is 0 Å². The highest BCUT2D eigenvalue weighted by atomic mass is 32.2. The van der Waals surface area contributed by atoms with Crippen LogP contribution in [-0.2, 0) is 33.0 Å². The van der Waals surface area contributed by atoms with E-state index in [9.17, 15) is 18.7 Å². The van der Waals surface area contributed by atoms with Crippen LogP contribution in [0.4, 0.5) is 13.2 Å². The van der Waals surface area contributed by atoms with Gasteiger partial charge in [-0.05, 0) is 48.9 Å². The minimum absolute atomic E-state index is 0.0711. The van der Waals surface area contributed by atoms with E-state index < -0.39 is 47.2 Å². The van der Waals surface area contributed by atoms with E-state index in [-0.39, 0.29) is 41.7 Å². The summed E-state index contributed by atoms with van der Waals surface area (Å²) >= 11 is 1.34. The summed E-state index contributed by atoms with van der Waals surface area (Å²) in [6, 6.07) is 15.5. The average Bonchev–Trinajstić information content (AvgIpc) is 3.60. The van der Waals surface area contributed by atoms with E-state index in [0.717, 1.165) is 18.2 Å². The van der Waals surface area contributed by atoms with Gasteiger partial charge in [0.05, 0.1) is 48.8 Å². The lowest BCUT2D eigenvalue weighted by Gasteiger charge is -2.40. The van der Waals surface area contributed by atoms with E-state index in [1.54, 1.807) is 49.4 Å². The number of nitriles is 1. The lowest BCUT2D eigenvalue weighted by atomic mass is 9.89. The summed E-state index contributed by atoms with van der Waals surface area (Å²) in [6.07, 6.45) is 8.50. The molecular weight excluding hydrogens is 645 g/mol. The third-order valence-corrected chi connectivity index (χ3v) is 9.11. The van der Waals surface area contributed by atoms with Crippen molar-refractivity contribution in [2.75, 3.05) is 13.2 Å². The van der Waals surface area contributed by atoms with Gasteiger partial charge in [0.1, 0.15) is 30.1 Å². The average molecular weight is 677 g/mol. The van der Waals surface area contributed by atoms with Crippen molar-refractivity contribution in [1.82, 2.24) is 14.8 Å². The van der Waals surface area contributed by atoms with Gasteiger partial charge in [-0.15, -0.1) is 11.8 Å². The zero-order valence-electron chi connectivity index (χ0n) is 25.7. The number of carbonyl (C=O) groups is 1. The molecule has 0 radical (unpaired) electrons. The van der Waals surface area contributed by atoms with E-state index in [4.69, 9.17) is 19.5 Å². The third kappa shape index (κ3) is 8.21. The number of esters is 1. The second kappa shape index (κ2) is 15.9. The Kier molecular flexibility index (Phi) is 11.5. The van der Waals surface area contributed by atoms with Crippen LogP contribution in [0.15, 0.2) is 91.5 Å². The maximum Gasteiger partial charge on any atom is 0.339 e. The highest BCUT2D eigenvalue weighted by Crippen LogP contribution is 2.42. The lowest BCUT2D eigenvalue weighted by Crippen LogP contribution is -2.47. The Labute approximate surface area is 279 Å². The number of aromatic nitrogens is 3. The number of halogens is 3. The topological polar surface area (TPSA) is 119 Å². The first-order valence-corrected chi connectivity index (χ1v) is 15.8. The normalized spacial score (nSPS) is 18.4. The van der Waals surface area contributed by atoms with E-state index in [1.165, 1.54) is 53.4 Å². The SMILES string of the molecule is C[C@@H](SC1COC(C=CC=Cc2ccc(C#N)cc2F)OC1)[C@@](Cn1cncn1)(OC(=O)c1ccccc1CO)c1ccc(F)cc1F. The van der Waals surface area contributed by atoms with Crippen LogP contribution in [0.5, 0.6) is 0 Å². The molecule has 2 heterocycles. The standard InChI is InChI=1S/C35H31F3N4O5S/c1-23(48-28-18-45-33(46-19-28)9-5-3-6-25-11-10-24(16-39)14-31(25)37)35(20-42-22-40-21-41-42,30-13-12-27(36)15-32(30)38)47-34(44)29-8-4-2-7-26(29)17-43/h2-15,21-23,28,33,43H,17-20H2,1H3/t23-,28?,33?,35-/m1/s1. The number of hydrogen-bond acceptors (Lipinski definition) is 9. The van der Waals surface area contributed by atoms with Crippen LogP contribution in [0.25, 0.3) is 6.08 Å². The van der Waals surface area contributed by atoms with Crippen LogP contribution >= 0.6 is 11.8 Å². The summed E-state index contributed by atoms with van der Waals surface area (Å²) < 4.78 is 63.3. The summed E-state index contributed by atoms with van der Waals surface area (Å²) in [5.41, 5.74) is -0.840. The fourth-order valence-electron chi connectivity index (χ4n) is 5.20. The molecule has 48 heavy (non-hydrogen) atoms. The monoisotopic (exact) mass is 676 g/mol. The molecule has 1 aromatic heterocycles. The molecule has 5 rings (SSSR count). The van der Waals surface area contributed by atoms with E-state index in [1.807, 2.05) is 6.07 Å². The van der Waals surface area contributed by atoms with Crippen LogP contribution < -0.4 is 0 Å². The molecule has 248 valence electrons. The Morgan fingerprint density at radius 2 is 1.94 bits per heavy atom. The van der Waals surface area contributed by atoms with E-state index >= 15 is 4.39 Å². The van der Waals surface area contributed by atoms with Crippen molar-refractivity contribution in [2.24, 2.45) is 0 Å². The first kappa shape index (κ1) is 34.6. The summed E-state index contributed by atoms with van der Waals surface area (Å²) in [6.45, 7) is 1.62. The van der Waals surface area contributed by atoms with Gasteiger partial charge in [0.2, 0.25) is 0 Å². The molecule has 0 amide bonds. The fourth-order valence-corrected chi connectivity index (χ4v) is 6.56. The van der Waals surface area contributed by atoms with Gasteiger partial charge in [-0.2, -0.15) is 10.4 Å². The lowest BCUT2D eigenvalue weighted by molar-refractivity contribution is -0.146. The number of aliphatic hydroxyl groups excluding tert-OH is 1. The van der Waals surface area contributed by atoms with Gasteiger partial charge in [-0.3, -0.25) is 0 Å². The minimum atomic E-state index is -1.74. The number of hydrogen-bond donors (Lipinski definition) is 1. The second-order valence-electron chi connectivity index (χ2n) is 10.8. The molecule has 4 aromatic rings. The van der Waals surface area contributed by atoms with Gasteiger partial charge < -0.3 is 19.3 Å². The highest BCUT2D eigenvalue weighted by Gasteiger charge is 2.47. The molecule has 9 nitrogen and oxygen atoms in total. The molecule has 1 aliphatic rings. The van der Waals surface area contributed by atoms with Gasteiger partial charge in [0.15, 0.2) is 11.9 Å². The minimum Gasteiger partial charge on any atom is -0.447 e. The molecule has 0 aliphatic carbocycles. The Hall–Kier alpha value is -4.74. The number of rotatable bonds is 12. The van der Waals surface area contributed by atoms with Crippen LogP contribution in [0.3, 0.4) is 0 Å². The number of benzene rings is 3. The van der Waals surface area contributed by atoms with Gasteiger partial charge in [0, 0.05) is 22.4 Å². The summed E-state index contributed by atoms with van der Waals surface area (Å²) in [7, 11) is 0. The number of allylic oxidation sites excluding steroid dienone is 2. The molecule has 2 atom stereocenters. The van der Waals surface area contributed by atoms with E-state index in [0.29, 0.717) is 11.1 Å². The molecule has 0 spiro atoms. The molecule has 1 fully saturated rings. The predicted octanol–water partition coefficient (Wildman–Crippen LogP) is 5.94. The molecule has 1 aliphatic heterocycles. The maximum atomic E-state index is 15.7. The van der Waals surface area contributed by atoms with Gasteiger partial charge in [0.25, 0.3) is 0 Å². The van der Waals surface area contributed by atoms with Crippen molar-refractivity contribution in [3.8, 4) is 6.07 Å². The molecule has 13 heteroatoms. The fraction of sp³-hybridized carbons (Fsp3) is 0.257. The smallest absolute Gasteiger partial charge is 0.339 e. The predicted molar refractivity (Wildman–Crippen MR) is 172 cm³/mol. The summed E-state index contributed by atoms with van der Waals surface area (Å²) in [5.74, 6) is -3.04. The number of thioether (sulfide) groups is 1. The van der Waals surface area contributed by atoms with Crippen LogP contribution in [-0.4, -0.2) is 55.8 Å². The first-order valence-electron chi connectivity index (χ1n) is 14.9. The quantitative estimate of drug-likeness (QED) is 0.144. The van der Waals surface area contributed by atoms with Crippen molar-refractivity contribution >= 4 is 23.8 Å². The van der Waals surface area contributed by atoms with Crippen LogP contribution in [0, 0.1) is 28.8 Å². The number of aliphatic hydroxyl groups is 1. The first-order chi connectivity index (χ1) is 23.2. The van der Waals surface area contributed by atoms with Crippen molar-refractivity contribution in [3.05, 3.63) is 137 Å². The molecule has 0 bridgehead atoms. The Bertz CT molecular complexity index is 1820. The zero-order valence-corrected chi connectivity index (χ0v) is 26.5. The Morgan fingerprint density at radius 3 is 2.62 bits per heavy atom. The van der Waals surface area contributed by atoms with Crippen molar-refractivity contribution in [3.63, 3.8) is 0 Å². The molecule has 1 saturated heterocycles. The summed E-state index contributed by atoms with van der Waals surface area (Å²) in [4.78, 5) is 17.7. The highest BCUT2D eigenvalue weighted by molar-refractivity contribution is 8.00. The van der Waals surface area contributed by atoms with Gasteiger partial charge in [-0.25, -0.2) is 27.6 Å². The Balaban J connectivity index is 1.35. The molecule has 0 saturated carbocycles. The zero-order chi connectivity index (χ0) is 34.1. The van der Waals surface area contributed by atoms with Gasteiger partial charge >= 0.3 is 5.97 Å². The largest absolute Gasteiger partial charge is 0.447 e. The molecule has 0 unspecified atom stereocenters. The summed E-state index contributed by atoms with van der Waals surface area (Å²) in [5, 5.41) is 22.0. The van der Waals surface area contributed by atoms with E-state index in [2.05, 4.69) is 10.1 Å². The number of nitrogens with zero attached hydrogens (tertiary/aromatic N) is 4. The Morgan fingerprint density at radius 1 is 1.15 bits per heavy atom. The number of ether oxygens (including phenoxy) is 3. The van der Waals surface area contributed by atoms with Gasteiger partial charge in [-0.1, -0.05) is 42.5 Å². The second-order valence-corrected chi connectivity index (χ2v) is 12.5. The van der Waals surface area contributed by atoms with Crippen molar-refractivity contribution < 1.29 is 37.3 Å². The van der Waals surface area contributed by atoms with Crippen molar-refractivity contribution in [1.29, 1.82) is 5.26 Å². The van der Waals surface area contributed by atoms with Crippen molar-refractivity contribution in [2.45, 2.75) is 42.5 Å². The molecule has 3 aromatic carbocycles. The molecular formula is C35H31F3N4O5S. The third-order valence-electron chi connectivity index (χ3n) is 7.66.